The van der Waals surface area contributed by atoms with Crippen molar-refractivity contribution in [3.63, 3.8) is 0 Å². The quantitative estimate of drug-likeness (QED) is 0.330. The third-order valence-electron chi connectivity index (χ3n) is 4.55. The summed E-state index contributed by atoms with van der Waals surface area (Å²) in [6.45, 7) is 1.08. The minimum Gasteiger partial charge on any atom is -0.508 e. The molecule has 156 valence electrons. The van der Waals surface area contributed by atoms with Crippen molar-refractivity contribution in [3.8, 4) is 17.0 Å². The van der Waals surface area contributed by atoms with Gasteiger partial charge in [0.1, 0.15) is 11.4 Å². The second-order valence-corrected chi connectivity index (χ2v) is 7.59. The highest BCUT2D eigenvalue weighted by Crippen LogP contribution is 2.38. The second kappa shape index (κ2) is 9.64. The maximum Gasteiger partial charge on any atom is 0.245 e. The first-order valence-corrected chi connectivity index (χ1v) is 10.3. The summed E-state index contributed by atoms with van der Waals surface area (Å²) >= 11 is 12.5. The molecule has 4 rings (SSSR count). The van der Waals surface area contributed by atoms with Gasteiger partial charge in [-0.1, -0.05) is 83.9 Å². The number of phenols is 1. The number of halogens is 2. The van der Waals surface area contributed by atoms with Crippen molar-refractivity contribution < 1.29 is 5.11 Å². The third kappa shape index (κ3) is 5.23. The van der Waals surface area contributed by atoms with Gasteiger partial charge in [-0.15, -0.1) is 10.2 Å². The van der Waals surface area contributed by atoms with Crippen molar-refractivity contribution in [1.82, 2.24) is 15.2 Å². The Morgan fingerprint density at radius 1 is 0.774 bits per heavy atom. The highest BCUT2D eigenvalue weighted by molar-refractivity contribution is 6.43. The summed E-state index contributed by atoms with van der Waals surface area (Å²) in [5, 5.41) is 25.5. The van der Waals surface area contributed by atoms with Crippen LogP contribution in [-0.2, 0) is 13.1 Å². The van der Waals surface area contributed by atoms with Crippen LogP contribution in [0.2, 0.25) is 10.0 Å². The van der Waals surface area contributed by atoms with Gasteiger partial charge < -0.3 is 15.7 Å². The number of nitrogens with zero attached hydrogens (tertiary/aromatic N) is 3. The van der Waals surface area contributed by atoms with E-state index in [1.54, 1.807) is 0 Å². The number of hydrogen-bond acceptors (Lipinski definition) is 6. The molecule has 3 N–H and O–H groups in total. The van der Waals surface area contributed by atoms with Crippen LogP contribution in [0.15, 0.2) is 72.8 Å². The van der Waals surface area contributed by atoms with Crippen molar-refractivity contribution >= 4 is 35.0 Å². The highest BCUT2D eigenvalue weighted by atomic mass is 35.5. The van der Waals surface area contributed by atoms with E-state index in [9.17, 15) is 5.11 Å². The second-order valence-electron chi connectivity index (χ2n) is 6.80. The fourth-order valence-electron chi connectivity index (χ4n) is 3.01. The van der Waals surface area contributed by atoms with Gasteiger partial charge in [0.25, 0.3) is 0 Å². The smallest absolute Gasteiger partial charge is 0.245 e. The molecule has 0 bridgehead atoms. The number of benzene rings is 3. The number of phenolic OH excluding ortho intramolecular Hbond substituents is 1. The van der Waals surface area contributed by atoms with Crippen molar-refractivity contribution in [2.75, 3.05) is 10.6 Å². The Kier molecular flexibility index (Phi) is 6.50. The Balaban J connectivity index is 1.66. The molecule has 0 atom stereocenters. The van der Waals surface area contributed by atoms with E-state index in [-0.39, 0.29) is 15.8 Å². The highest BCUT2D eigenvalue weighted by Gasteiger charge is 2.17. The monoisotopic (exact) mass is 451 g/mol. The van der Waals surface area contributed by atoms with E-state index in [4.69, 9.17) is 23.2 Å². The molecular weight excluding hydrogens is 433 g/mol. The Morgan fingerprint density at radius 3 is 2.03 bits per heavy atom. The number of aromatic hydroxyl groups is 1. The predicted octanol–water partition coefficient (Wildman–Crippen LogP) is 5.78. The molecule has 0 aliphatic carbocycles. The molecule has 1 heterocycles. The van der Waals surface area contributed by atoms with Crippen molar-refractivity contribution in [2.45, 2.75) is 13.1 Å². The number of rotatable bonds is 7. The maximum absolute atomic E-state index is 10.00. The zero-order chi connectivity index (χ0) is 21.6. The van der Waals surface area contributed by atoms with E-state index >= 15 is 0 Å². The van der Waals surface area contributed by atoms with Crippen LogP contribution in [0.4, 0.5) is 11.8 Å². The van der Waals surface area contributed by atoms with Gasteiger partial charge in [0.05, 0.1) is 10.0 Å². The van der Waals surface area contributed by atoms with Gasteiger partial charge in [0, 0.05) is 24.7 Å². The van der Waals surface area contributed by atoms with Crippen LogP contribution in [0.1, 0.15) is 11.1 Å². The summed E-state index contributed by atoms with van der Waals surface area (Å²) < 4.78 is 0. The standard InChI is InChI=1S/C23H19Cl2N5O/c24-19-12-17(31)11-18(20(19)25)21-22(26-13-15-7-3-1-4-8-15)28-23(30-29-21)27-14-16-9-5-2-6-10-16/h1-12,31H,13-14H2,(H2,26,27,28,30). The van der Waals surface area contributed by atoms with Crippen LogP contribution in [0.5, 0.6) is 5.75 Å². The minimum absolute atomic E-state index is 0.0218. The van der Waals surface area contributed by atoms with E-state index in [2.05, 4.69) is 25.8 Å². The van der Waals surface area contributed by atoms with Crippen LogP contribution >= 0.6 is 23.2 Å². The molecule has 0 unspecified atom stereocenters. The summed E-state index contributed by atoms with van der Waals surface area (Å²) in [6, 6.07) is 22.7. The summed E-state index contributed by atoms with van der Waals surface area (Å²) in [5.41, 5.74) is 3.00. The maximum atomic E-state index is 10.00. The molecule has 4 aromatic rings. The van der Waals surface area contributed by atoms with Gasteiger partial charge in [-0.3, -0.25) is 0 Å². The first-order chi connectivity index (χ1) is 15.1. The molecule has 8 heteroatoms. The molecule has 0 saturated heterocycles. The van der Waals surface area contributed by atoms with Crippen molar-refractivity contribution in [2.24, 2.45) is 0 Å². The van der Waals surface area contributed by atoms with Crippen LogP contribution in [-0.4, -0.2) is 20.3 Å². The molecule has 0 saturated carbocycles. The fourth-order valence-corrected chi connectivity index (χ4v) is 3.42. The van der Waals surface area contributed by atoms with Crippen LogP contribution in [0.25, 0.3) is 11.3 Å². The Hall–Kier alpha value is -3.35. The summed E-state index contributed by atoms with van der Waals surface area (Å²) in [4.78, 5) is 4.60. The summed E-state index contributed by atoms with van der Waals surface area (Å²) in [5.74, 6) is 0.815. The van der Waals surface area contributed by atoms with Crippen molar-refractivity contribution in [1.29, 1.82) is 0 Å². The number of nitrogens with one attached hydrogen (secondary N) is 2. The number of aromatic nitrogens is 3. The van der Waals surface area contributed by atoms with Gasteiger partial charge in [-0.25, -0.2) is 0 Å². The largest absolute Gasteiger partial charge is 0.508 e. The Labute approximate surface area is 189 Å². The molecule has 1 aromatic heterocycles. The van der Waals surface area contributed by atoms with E-state index in [0.717, 1.165) is 11.1 Å². The molecule has 31 heavy (non-hydrogen) atoms. The van der Waals surface area contributed by atoms with Crippen LogP contribution in [0.3, 0.4) is 0 Å². The lowest BCUT2D eigenvalue weighted by atomic mass is 10.1. The van der Waals surface area contributed by atoms with E-state index in [1.807, 2.05) is 60.7 Å². The lowest BCUT2D eigenvalue weighted by Crippen LogP contribution is -2.10. The molecular formula is C23H19Cl2N5O. The molecule has 0 aliphatic heterocycles. The van der Waals surface area contributed by atoms with E-state index < -0.39 is 0 Å². The van der Waals surface area contributed by atoms with Gasteiger partial charge in [-0.05, 0) is 17.2 Å². The van der Waals surface area contributed by atoms with Crippen molar-refractivity contribution in [3.05, 3.63) is 94.0 Å². The van der Waals surface area contributed by atoms with Gasteiger partial charge in [0.2, 0.25) is 5.95 Å². The average Bonchev–Trinajstić information content (AvgIpc) is 2.80. The molecule has 0 spiro atoms. The number of anilines is 2. The van der Waals surface area contributed by atoms with Gasteiger partial charge in [0.15, 0.2) is 5.82 Å². The van der Waals surface area contributed by atoms with E-state index in [0.29, 0.717) is 36.1 Å². The molecule has 6 nitrogen and oxygen atoms in total. The van der Waals surface area contributed by atoms with E-state index in [1.165, 1.54) is 12.1 Å². The van der Waals surface area contributed by atoms with Crippen LogP contribution < -0.4 is 10.6 Å². The molecule has 0 fully saturated rings. The Bertz CT molecular complexity index is 1170. The molecule has 0 radical (unpaired) electrons. The fraction of sp³-hybridized carbons (Fsp3) is 0.0870. The lowest BCUT2D eigenvalue weighted by molar-refractivity contribution is 0.475. The minimum atomic E-state index is -0.0218. The normalized spacial score (nSPS) is 10.6. The summed E-state index contributed by atoms with van der Waals surface area (Å²) in [7, 11) is 0. The molecule has 0 amide bonds. The first-order valence-electron chi connectivity index (χ1n) is 9.59. The third-order valence-corrected chi connectivity index (χ3v) is 5.35. The molecule has 3 aromatic carbocycles. The van der Waals surface area contributed by atoms with Gasteiger partial charge >= 0.3 is 0 Å². The lowest BCUT2D eigenvalue weighted by Gasteiger charge is -2.14. The summed E-state index contributed by atoms with van der Waals surface area (Å²) in [6.07, 6.45) is 0. The zero-order valence-electron chi connectivity index (χ0n) is 16.4. The van der Waals surface area contributed by atoms with Gasteiger partial charge in [-0.2, -0.15) is 4.98 Å². The SMILES string of the molecule is Oc1cc(Cl)c(Cl)c(-c2nnc(NCc3ccccc3)nc2NCc2ccccc2)c1. The number of hydrogen-bond donors (Lipinski definition) is 3. The average molecular weight is 452 g/mol. The molecule has 0 aliphatic rings. The van der Waals surface area contributed by atoms with Crippen LogP contribution in [0, 0.1) is 0 Å². The predicted molar refractivity (Wildman–Crippen MR) is 124 cm³/mol. The topological polar surface area (TPSA) is 83.0 Å². The zero-order valence-corrected chi connectivity index (χ0v) is 17.9. The first kappa shape index (κ1) is 20.9. The Morgan fingerprint density at radius 2 is 1.39 bits per heavy atom.